The molecule has 1 aromatic heterocycles. The molecular formula is C15H26N4O. The molecule has 1 aromatic rings. The molecule has 5 heteroatoms. The molecule has 2 N–H and O–H groups in total. The lowest BCUT2D eigenvalue weighted by molar-refractivity contribution is -0.116. The Kier molecular flexibility index (Phi) is 7.01. The SMILES string of the molecule is CC(C)CC(=O)Nc1ccc(NCCCN(C)C)cn1. The second kappa shape index (κ2) is 8.53. The van der Waals surface area contributed by atoms with Gasteiger partial charge in [0.25, 0.3) is 0 Å². The van der Waals surface area contributed by atoms with E-state index in [-0.39, 0.29) is 5.91 Å². The van der Waals surface area contributed by atoms with E-state index < -0.39 is 0 Å². The molecule has 0 aromatic carbocycles. The van der Waals surface area contributed by atoms with E-state index in [2.05, 4.69) is 34.6 Å². The van der Waals surface area contributed by atoms with Crippen molar-refractivity contribution >= 4 is 17.4 Å². The lowest BCUT2D eigenvalue weighted by Crippen LogP contribution is -2.16. The highest BCUT2D eigenvalue weighted by molar-refractivity contribution is 5.89. The van der Waals surface area contributed by atoms with E-state index in [9.17, 15) is 4.79 Å². The van der Waals surface area contributed by atoms with Crippen molar-refractivity contribution in [2.45, 2.75) is 26.7 Å². The van der Waals surface area contributed by atoms with Crippen LogP contribution in [0.2, 0.25) is 0 Å². The lowest BCUT2D eigenvalue weighted by atomic mass is 10.1. The fraction of sp³-hybridized carbons (Fsp3) is 0.600. The van der Waals surface area contributed by atoms with Gasteiger partial charge in [0.1, 0.15) is 5.82 Å². The number of amides is 1. The van der Waals surface area contributed by atoms with Gasteiger partial charge in [0, 0.05) is 13.0 Å². The fourth-order valence-corrected chi connectivity index (χ4v) is 1.77. The third-order valence-electron chi connectivity index (χ3n) is 2.74. The summed E-state index contributed by atoms with van der Waals surface area (Å²) in [6.07, 6.45) is 3.35. The Bertz CT molecular complexity index is 401. The number of aromatic nitrogens is 1. The molecule has 20 heavy (non-hydrogen) atoms. The summed E-state index contributed by atoms with van der Waals surface area (Å²) in [4.78, 5) is 18.0. The maximum atomic E-state index is 11.6. The predicted molar refractivity (Wildman–Crippen MR) is 84.0 cm³/mol. The Morgan fingerprint density at radius 3 is 2.65 bits per heavy atom. The molecule has 5 nitrogen and oxygen atoms in total. The molecule has 0 saturated carbocycles. The van der Waals surface area contributed by atoms with Crippen LogP contribution in [-0.2, 0) is 4.79 Å². The van der Waals surface area contributed by atoms with Crippen LogP contribution in [0.3, 0.4) is 0 Å². The van der Waals surface area contributed by atoms with Gasteiger partial charge in [-0.3, -0.25) is 4.79 Å². The van der Waals surface area contributed by atoms with E-state index in [0.29, 0.717) is 18.2 Å². The third kappa shape index (κ3) is 7.09. The summed E-state index contributed by atoms with van der Waals surface area (Å²) in [6, 6.07) is 3.76. The monoisotopic (exact) mass is 278 g/mol. The Balaban J connectivity index is 2.34. The van der Waals surface area contributed by atoms with E-state index in [1.165, 1.54) is 0 Å². The Hall–Kier alpha value is -1.62. The molecule has 0 aliphatic carbocycles. The first-order chi connectivity index (χ1) is 9.47. The minimum Gasteiger partial charge on any atom is -0.384 e. The van der Waals surface area contributed by atoms with Crippen molar-refractivity contribution in [2.75, 3.05) is 37.8 Å². The molecule has 0 fully saturated rings. The smallest absolute Gasteiger partial charge is 0.225 e. The van der Waals surface area contributed by atoms with Crippen molar-refractivity contribution in [1.82, 2.24) is 9.88 Å². The van der Waals surface area contributed by atoms with E-state index >= 15 is 0 Å². The predicted octanol–water partition coefficient (Wildman–Crippen LogP) is 2.43. The van der Waals surface area contributed by atoms with Crippen molar-refractivity contribution in [3.63, 3.8) is 0 Å². The maximum Gasteiger partial charge on any atom is 0.225 e. The van der Waals surface area contributed by atoms with Gasteiger partial charge < -0.3 is 15.5 Å². The molecule has 0 aliphatic rings. The van der Waals surface area contributed by atoms with Crippen molar-refractivity contribution in [1.29, 1.82) is 0 Å². The summed E-state index contributed by atoms with van der Waals surface area (Å²) < 4.78 is 0. The van der Waals surface area contributed by atoms with E-state index in [1.54, 1.807) is 6.20 Å². The summed E-state index contributed by atoms with van der Waals surface area (Å²) in [6.45, 7) is 6.02. The molecule has 0 spiro atoms. The maximum absolute atomic E-state index is 11.6. The van der Waals surface area contributed by atoms with Gasteiger partial charge in [0.2, 0.25) is 5.91 Å². The fourth-order valence-electron chi connectivity index (χ4n) is 1.77. The summed E-state index contributed by atoms with van der Waals surface area (Å²) in [5, 5.41) is 6.11. The topological polar surface area (TPSA) is 57.3 Å². The van der Waals surface area contributed by atoms with E-state index in [1.807, 2.05) is 26.0 Å². The van der Waals surface area contributed by atoms with Crippen LogP contribution in [0.5, 0.6) is 0 Å². The first kappa shape index (κ1) is 16.4. The zero-order valence-electron chi connectivity index (χ0n) is 12.9. The normalized spacial score (nSPS) is 10.9. The summed E-state index contributed by atoms with van der Waals surface area (Å²) in [5.74, 6) is 0.973. The molecule has 0 unspecified atom stereocenters. The second-order valence-electron chi connectivity index (χ2n) is 5.66. The number of rotatable bonds is 8. The standard InChI is InChI=1S/C15H26N4O/c1-12(2)10-15(20)18-14-7-6-13(11-17-14)16-8-5-9-19(3)4/h6-7,11-12,16H,5,8-10H2,1-4H3,(H,17,18,20). The molecule has 1 amide bonds. The molecule has 112 valence electrons. The third-order valence-corrected chi connectivity index (χ3v) is 2.74. The van der Waals surface area contributed by atoms with Gasteiger partial charge in [-0.15, -0.1) is 0 Å². The highest BCUT2D eigenvalue weighted by Gasteiger charge is 2.05. The average molecular weight is 278 g/mol. The Labute approximate surface area is 121 Å². The number of carbonyl (C=O) groups excluding carboxylic acids is 1. The van der Waals surface area contributed by atoms with Gasteiger partial charge in [0.05, 0.1) is 11.9 Å². The largest absolute Gasteiger partial charge is 0.384 e. The number of hydrogen-bond acceptors (Lipinski definition) is 4. The van der Waals surface area contributed by atoms with E-state index in [4.69, 9.17) is 0 Å². The zero-order valence-corrected chi connectivity index (χ0v) is 12.9. The van der Waals surface area contributed by atoms with Gasteiger partial charge in [-0.2, -0.15) is 0 Å². The quantitative estimate of drug-likeness (QED) is 0.717. The molecule has 0 saturated heterocycles. The van der Waals surface area contributed by atoms with Gasteiger partial charge >= 0.3 is 0 Å². The molecule has 0 bridgehead atoms. The number of hydrogen-bond donors (Lipinski definition) is 2. The van der Waals surface area contributed by atoms with Gasteiger partial charge in [0.15, 0.2) is 0 Å². The molecule has 1 rings (SSSR count). The van der Waals surface area contributed by atoms with Crippen LogP contribution in [0, 0.1) is 5.92 Å². The van der Waals surface area contributed by atoms with Crippen molar-refractivity contribution in [2.24, 2.45) is 5.92 Å². The molecule has 1 heterocycles. The van der Waals surface area contributed by atoms with Crippen LogP contribution < -0.4 is 10.6 Å². The molecule has 0 aliphatic heterocycles. The summed E-state index contributed by atoms with van der Waals surface area (Å²) in [5.41, 5.74) is 0.977. The highest BCUT2D eigenvalue weighted by atomic mass is 16.1. The van der Waals surface area contributed by atoms with Crippen LogP contribution >= 0.6 is 0 Å². The van der Waals surface area contributed by atoms with Crippen molar-refractivity contribution in [3.05, 3.63) is 18.3 Å². The second-order valence-corrected chi connectivity index (χ2v) is 5.66. The number of anilines is 2. The number of carbonyl (C=O) groups is 1. The number of pyridine rings is 1. The van der Waals surface area contributed by atoms with Crippen LogP contribution in [0.1, 0.15) is 26.7 Å². The van der Waals surface area contributed by atoms with Crippen LogP contribution in [0.15, 0.2) is 18.3 Å². The first-order valence-electron chi connectivity index (χ1n) is 7.12. The van der Waals surface area contributed by atoms with Gasteiger partial charge in [-0.1, -0.05) is 13.8 Å². The van der Waals surface area contributed by atoms with Gasteiger partial charge in [-0.25, -0.2) is 4.98 Å². The van der Waals surface area contributed by atoms with Crippen molar-refractivity contribution < 1.29 is 4.79 Å². The highest BCUT2D eigenvalue weighted by Crippen LogP contribution is 2.10. The first-order valence-corrected chi connectivity index (χ1v) is 7.12. The van der Waals surface area contributed by atoms with Gasteiger partial charge in [-0.05, 0) is 45.1 Å². The molecule has 0 radical (unpaired) electrons. The minimum atomic E-state index is 0.0131. The molecular weight excluding hydrogens is 252 g/mol. The summed E-state index contributed by atoms with van der Waals surface area (Å²) in [7, 11) is 4.13. The van der Waals surface area contributed by atoms with Crippen LogP contribution in [0.4, 0.5) is 11.5 Å². The van der Waals surface area contributed by atoms with E-state index in [0.717, 1.165) is 25.2 Å². The Morgan fingerprint density at radius 2 is 2.10 bits per heavy atom. The Morgan fingerprint density at radius 1 is 1.35 bits per heavy atom. The summed E-state index contributed by atoms with van der Waals surface area (Å²) >= 11 is 0. The number of nitrogens with zero attached hydrogens (tertiary/aromatic N) is 2. The minimum absolute atomic E-state index is 0.0131. The van der Waals surface area contributed by atoms with Crippen molar-refractivity contribution in [3.8, 4) is 0 Å². The number of nitrogens with one attached hydrogen (secondary N) is 2. The zero-order chi connectivity index (χ0) is 15.0. The average Bonchev–Trinajstić information content (AvgIpc) is 2.35. The van der Waals surface area contributed by atoms with Crippen LogP contribution in [-0.4, -0.2) is 43.0 Å². The lowest BCUT2D eigenvalue weighted by Gasteiger charge is -2.11. The van der Waals surface area contributed by atoms with Crippen LogP contribution in [0.25, 0.3) is 0 Å². The molecule has 0 atom stereocenters.